The molecule has 0 N–H and O–H groups in total. The normalized spacial score (nSPS) is 11.5. The van der Waals surface area contributed by atoms with Gasteiger partial charge in [-0.25, -0.2) is 0 Å². The summed E-state index contributed by atoms with van der Waals surface area (Å²) in [5, 5.41) is -0.447. The molecule has 0 aliphatic carbocycles. The average Bonchev–Trinajstić information content (AvgIpc) is 1.21. The molecule has 48 valence electrons. The summed E-state index contributed by atoms with van der Waals surface area (Å²) in [5.74, 6) is 0. The van der Waals surface area contributed by atoms with Crippen LogP contribution in [0.15, 0.2) is 0 Å². The van der Waals surface area contributed by atoms with Gasteiger partial charge in [-0.2, -0.15) is 4.39 Å². The van der Waals surface area contributed by atoms with Crippen molar-refractivity contribution < 1.29 is 9.18 Å². The van der Waals surface area contributed by atoms with Gasteiger partial charge in [0.05, 0.1) is 0 Å². The standard InChI is InChI=1S/C3H3Cl2FOS/c1-2(7)8-3(4,5)6/h1H3. The van der Waals surface area contributed by atoms with E-state index >= 15 is 0 Å². The highest BCUT2D eigenvalue weighted by atomic mass is 35.5. The molecule has 0 saturated heterocycles. The first kappa shape index (κ1) is 8.53. The molecule has 0 spiro atoms. The maximum atomic E-state index is 11.9. The zero-order valence-corrected chi connectivity index (χ0v) is 6.28. The van der Waals surface area contributed by atoms with Gasteiger partial charge in [0, 0.05) is 6.92 Å². The number of alkyl halides is 3. The second-order valence-electron chi connectivity index (χ2n) is 1.04. The van der Waals surface area contributed by atoms with Crippen LogP contribution in [-0.2, 0) is 4.79 Å². The Morgan fingerprint density at radius 3 is 2.12 bits per heavy atom. The van der Waals surface area contributed by atoms with E-state index in [0.29, 0.717) is 0 Å². The van der Waals surface area contributed by atoms with Gasteiger partial charge in [-0.3, -0.25) is 4.79 Å². The molecule has 0 atom stereocenters. The molecule has 8 heavy (non-hydrogen) atoms. The van der Waals surface area contributed by atoms with Gasteiger partial charge < -0.3 is 0 Å². The van der Waals surface area contributed by atoms with E-state index in [9.17, 15) is 9.18 Å². The van der Waals surface area contributed by atoms with Crippen molar-refractivity contribution >= 4 is 40.1 Å². The largest absolute Gasteiger partial charge is 0.312 e. The minimum Gasteiger partial charge on any atom is -0.287 e. The first-order valence-corrected chi connectivity index (χ1v) is 3.25. The summed E-state index contributed by atoms with van der Waals surface area (Å²) < 4.78 is 9.45. The van der Waals surface area contributed by atoms with Gasteiger partial charge >= 0.3 is 3.92 Å². The van der Waals surface area contributed by atoms with Crippen molar-refractivity contribution in [2.24, 2.45) is 0 Å². The lowest BCUT2D eigenvalue weighted by molar-refractivity contribution is -0.109. The first-order valence-electron chi connectivity index (χ1n) is 1.68. The molecule has 5 heteroatoms. The second kappa shape index (κ2) is 2.90. The van der Waals surface area contributed by atoms with Gasteiger partial charge in [-0.1, -0.05) is 23.2 Å². The van der Waals surface area contributed by atoms with Crippen LogP contribution in [-0.4, -0.2) is 9.03 Å². The Labute approximate surface area is 60.5 Å². The van der Waals surface area contributed by atoms with Crippen LogP contribution in [0.25, 0.3) is 0 Å². The minimum atomic E-state index is -2.47. The van der Waals surface area contributed by atoms with Gasteiger partial charge in [0.25, 0.3) is 0 Å². The molecule has 0 aliphatic heterocycles. The van der Waals surface area contributed by atoms with Gasteiger partial charge in [0.15, 0.2) is 5.12 Å². The summed E-state index contributed by atoms with van der Waals surface area (Å²) in [6, 6.07) is 0. The van der Waals surface area contributed by atoms with Crippen LogP contribution in [0.3, 0.4) is 0 Å². The van der Waals surface area contributed by atoms with E-state index in [1.54, 1.807) is 0 Å². The molecule has 0 saturated carbocycles. The predicted molar refractivity (Wildman–Crippen MR) is 33.8 cm³/mol. The van der Waals surface area contributed by atoms with Crippen molar-refractivity contribution in [3.63, 3.8) is 0 Å². The lowest BCUT2D eigenvalue weighted by Crippen LogP contribution is -1.99. The Kier molecular flexibility index (Phi) is 3.09. The van der Waals surface area contributed by atoms with Crippen LogP contribution in [0.4, 0.5) is 4.39 Å². The number of rotatable bonds is 1. The zero-order chi connectivity index (χ0) is 6.78. The third-order valence-electron chi connectivity index (χ3n) is 0.259. The number of halogens is 3. The predicted octanol–water partition coefficient (Wildman–Crippen LogP) is 2.32. The fourth-order valence-electron chi connectivity index (χ4n) is 0.163. The topological polar surface area (TPSA) is 17.1 Å². The Bertz CT molecular complexity index is 99.9. The minimum absolute atomic E-state index is 0.237. The number of thioether (sulfide) groups is 1. The number of hydrogen-bond acceptors (Lipinski definition) is 2. The molecule has 0 bridgehead atoms. The molecule has 0 heterocycles. The van der Waals surface area contributed by atoms with E-state index in [2.05, 4.69) is 0 Å². The molecule has 0 aliphatic rings. The fraction of sp³-hybridized carbons (Fsp3) is 0.667. The molecule has 0 aromatic carbocycles. The summed E-state index contributed by atoms with van der Waals surface area (Å²) in [6.45, 7) is 1.18. The highest BCUT2D eigenvalue weighted by Crippen LogP contribution is 2.35. The molecule has 0 fully saturated rings. The lowest BCUT2D eigenvalue weighted by atomic mass is 10.9. The van der Waals surface area contributed by atoms with Gasteiger partial charge in [0.1, 0.15) is 0 Å². The Hall–Kier alpha value is 0.530. The highest BCUT2D eigenvalue weighted by Gasteiger charge is 2.24. The summed E-state index contributed by atoms with van der Waals surface area (Å²) in [7, 11) is 0. The van der Waals surface area contributed by atoms with E-state index in [4.69, 9.17) is 23.2 Å². The van der Waals surface area contributed by atoms with Crippen molar-refractivity contribution in [3.05, 3.63) is 0 Å². The van der Waals surface area contributed by atoms with E-state index in [-0.39, 0.29) is 11.8 Å². The summed E-state index contributed by atoms with van der Waals surface area (Å²) in [5.41, 5.74) is 0. The van der Waals surface area contributed by atoms with Gasteiger partial charge in [-0.05, 0) is 11.8 Å². The second-order valence-corrected chi connectivity index (χ2v) is 4.06. The quantitative estimate of drug-likeness (QED) is 0.571. The van der Waals surface area contributed by atoms with Crippen LogP contribution >= 0.6 is 35.0 Å². The molecule has 0 aromatic heterocycles. The number of hydrogen-bond donors (Lipinski definition) is 0. The van der Waals surface area contributed by atoms with Crippen molar-refractivity contribution in [1.82, 2.24) is 0 Å². The van der Waals surface area contributed by atoms with Crippen LogP contribution in [0.2, 0.25) is 0 Å². The summed E-state index contributed by atoms with van der Waals surface area (Å²) >= 11 is 9.77. The highest BCUT2D eigenvalue weighted by molar-refractivity contribution is 8.16. The SMILES string of the molecule is CC(=O)SC(F)(Cl)Cl. The van der Waals surface area contributed by atoms with Crippen molar-refractivity contribution in [2.45, 2.75) is 10.8 Å². The average molecular weight is 177 g/mol. The Balaban J connectivity index is 3.55. The number of carbonyl (C=O) groups excluding carboxylic acids is 1. The summed E-state index contributed by atoms with van der Waals surface area (Å²) in [6.07, 6.45) is 0. The van der Waals surface area contributed by atoms with Crippen molar-refractivity contribution in [2.75, 3.05) is 0 Å². The van der Waals surface area contributed by atoms with E-state index < -0.39 is 9.03 Å². The van der Waals surface area contributed by atoms with Crippen molar-refractivity contribution in [3.8, 4) is 0 Å². The fourth-order valence-corrected chi connectivity index (χ4v) is 1.14. The zero-order valence-electron chi connectivity index (χ0n) is 3.95. The molecule has 0 amide bonds. The number of carbonyl (C=O) groups is 1. The molecule has 0 radical (unpaired) electrons. The molecular weight excluding hydrogens is 174 g/mol. The molecule has 0 aromatic rings. The van der Waals surface area contributed by atoms with E-state index in [1.807, 2.05) is 0 Å². The smallest absolute Gasteiger partial charge is 0.287 e. The molecule has 0 rings (SSSR count). The molecule has 1 nitrogen and oxygen atoms in total. The summed E-state index contributed by atoms with van der Waals surface area (Å²) in [4.78, 5) is 10.0. The van der Waals surface area contributed by atoms with Gasteiger partial charge in [-0.15, -0.1) is 0 Å². The van der Waals surface area contributed by atoms with Gasteiger partial charge in [0.2, 0.25) is 0 Å². The lowest BCUT2D eigenvalue weighted by Gasteiger charge is -2.02. The Morgan fingerprint density at radius 1 is 1.75 bits per heavy atom. The third kappa shape index (κ3) is 6.53. The van der Waals surface area contributed by atoms with Crippen LogP contribution in [0, 0.1) is 0 Å². The molecular formula is C3H3Cl2FOS. The Morgan fingerprint density at radius 2 is 2.12 bits per heavy atom. The first-order chi connectivity index (χ1) is 3.42. The van der Waals surface area contributed by atoms with Crippen molar-refractivity contribution in [1.29, 1.82) is 0 Å². The molecule has 0 unspecified atom stereocenters. The van der Waals surface area contributed by atoms with E-state index in [1.165, 1.54) is 6.92 Å². The van der Waals surface area contributed by atoms with Crippen LogP contribution in [0.1, 0.15) is 6.92 Å². The maximum Gasteiger partial charge on any atom is 0.312 e. The maximum absolute atomic E-state index is 11.9. The third-order valence-corrected chi connectivity index (χ3v) is 1.24. The van der Waals surface area contributed by atoms with Crippen LogP contribution < -0.4 is 0 Å². The van der Waals surface area contributed by atoms with E-state index in [0.717, 1.165) is 0 Å². The monoisotopic (exact) mass is 176 g/mol. The van der Waals surface area contributed by atoms with Crippen LogP contribution in [0.5, 0.6) is 0 Å².